The molecule has 6 nitrogen and oxygen atoms in total. The number of carbonyl (C=O) groups excluding carboxylic acids is 2. The molecule has 3 aliphatic heterocycles. The van der Waals surface area contributed by atoms with Crippen molar-refractivity contribution in [2.24, 2.45) is 5.92 Å². The van der Waals surface area contributed by atoms with Gasteiger partial charge in [-0.3, -0.25) is 9.59 Å². The number of halogens is 1. The van der Waals surface area contributed by atoms with E-state index >= 15 is 0 Å². The molecule has 1 aromatic carbocycles. The summed E-state index contributed by atoms with van der Waals surface area (Å²) in [7, 11) is 0. The zero-order valence-electron chi connectivity index (χ0n) is 19.1. The molecule has 7 heteroatoms. The Kier molecular flexibility index (Phi) is 9.67. The third kappa shape index (κ3) is 6.61. The van der Waals surface area contributed by atoms with Crippen molar-refractivity contribution in [3.8, 4) is 5.75 Å². The third-order valence-electron chi connectivity index (χ3n) is 7.06. The van der Waals surface area contributed by atoms with Gasteiger partial charge in [0.2, 0.25) is 11.8 Å². The van der Waals surface area contributed by atoms with E-state index in [0.29, 0.717) is 32.2 Å². The predicted octanol–water partition coefficient (Wildman–Crippen LogP) is 3.42. The lowest BCUT2D eigenvalue weighted by molar-refractivity contribution is -0.138. The first-order valence-electron chi connectivity index (χ1n) is 12.2. The number of nitrogens with zero attached hydrogens (tertiary/aromatic N) is 2. The van der Waals surface area contributed by atoms with Crippen molar-refractivity contribution < 1.29 is 14.3 Å². The molecular formula is C25H38ClN3O3. The summed E-state index contributed by atoms with van der Waals surface area (Å²) >= 11 is 0. The molecule has 178 valence electrons. The normalized spacial score (nSPS) is 23.8. The molecular weight excluding hydrogens is 426 g/mol. The fourth-order valence-electron chi connectivity index (χ4n) is 5.25. The number of carbonyl (C=O) groups is 2. The zero-order chi connectivity index (χ0) is 21.5. The van der Waals surface area contributed by atoms with Crippen LogP contribution in [0.1, 0.15) is 56.9 Å². The van der Waals surface area contributed by atoms with E-state index in [1.807, 2.05) is 17.0 Å². The molecule has 3 heterocycles. The van der Waals surface area contributed by atoms with E-state index < -0.39 is 0 Å². The number of piperidine rings is 2. The Balaban J connectivity index is 0.00000289. The van der Waals surface area contributed by atoms with Crippen molar-refractivity contribution in [1.82, 2.24) is 15.1 Å². The fourth-order valence-corrected chi connectivity index (χ4v) is 5.25. The summed E-state index contributed by atoms with van der Waals surface area (Å²) in [5.74, 6) is 1.46. The van der Waals surface area contributed by atoms with Crippen LogP contribution in [0.15, 0.2) is 24.3 Å². The van der Waals surface area contributed by atoms with Crippen LogP contribution in [0.3, 0.4) is 0 Å². The maximum atomic E-state index is 13.2. The van der Waals surface area contributed by atoms with Crippen molar-refractivity contribution >= 4 is 24.2 Å². The summed E-state index contributed by atoms with van der Waals surface area (Å²) in [6.45, 7) is 4.39. The highest BCUT2D eigenvalue weighted by Gasteiger charge is 2.28. The average molecular weight is 464 g/mol. The minimum absolute atomic E-state index is 0. The number of fused-ring (bicyclic) bond motifs is 3. The van der Waals surface area contributed by atoms with Gasteiger partial charge in [-0.1, -0.05) is 12.1 Å². The number of benzene rings is 1. The van der Waals surface area contributed by atoms with E-state index in [2.05, 4.69) is 22.3 Å². The van der Waals surface area contributed by atoms with Crippen molar-refractivity contribution in [1.29, 1.82) is 0 Å². The summed E-state index contributed by atoms with van der Waals surface area (Å²) in [6.07, 6.45) is 8.43. The van der Waals surface area contributed by atoms with Gasteiger partial charge < -0.3 is 19.9 Å². The summed E-state index contributed by atoms with van der Waals surface area (Å²) in [5.41, 5.74) is 1.26. The summed E-state index contributed by atoms with van der Waals surface area (Å²) in [5, 5.41) is 3.34. The van der Waals surface area contributed by atoms with Crippen LogP contribution in [0, 0.1) is 5.92 Å². The van der Waals surface area contributed by atoms with Gasteiger partial charge in [0.1, 0.15) is 12.4 Å². The molecule has 2 bridgehead atoms. The highest BCUT2D eigenvalue weighted by molar-refractivity contribution is 5.85. The Hall–Kier alpha value is -1.79. The van der Waals surface area contributed by atoms with E-state index in [1.54, 1.807) is 0 Å². The van der Waals surface area contributed by atoms with Gasteiger partial charge in [-0.2, -0.15) is 0 Å². The quantitative estimate of drug-likeness (QED) is 0.693. The van der Waals surface area contributed by atoms with Gasteiger partial charge in [0.25, 0.3) is 0 Å². The Morgan fingerprint density at radius 2 is 1.81 bits per heavy atom. The topological polar surface area (TPSA) is 61.9 Å². The van der Waals surface area contributed by atoms with Gasteiger partial charge in [-0.25, -0.2) is 0 Å². The van der Waals surface area contributed by atoms with Gasteiger partial charge in [0.05, 0.1) is 6.54 Å². The highest BCUT2D eigenvalue weighted by Crippen LogP contribution is 2.24. The second-order valence-electron chi connectivity index (χ2n) is 9.22. The van der Waals surface area contributed by atoms with Crippen LogP contribution < -0.4 is 10.1 Å². The van der Waals surface area contributed by atoms with Crippen molar-refractivity contribution in [2.75, 3.05) is 39.3 Å². The smallest absolute Gasteiger partial charge is 0.225 e. The number of rotatable bonds is 1. The first kappa shape index (κ1) is 24.8. The van der Waals surface area contributed by atoms with Crippen LogP contribution in [0.5, 0.6) is 5.75 Å². The van der Waals surface area contributed by atoms with Gasteiger partial charge in [-0.15, -0.1) is 12.4 Å². The first-order chi connectivity index (χ1) is 15.2. The standard InChI is InChI=1S/C25H37N3O3.ClH/c29-24-8-4-15-27(25(30)21-11-13-26-14-12-21)17-18-31-23-7-3-5-20(19-23)9-10-22-6-1-2-16-28(22)24;/h3,5,7,19,21-22,26H,1-2,4,6,8-18H2;1H. The molecule has 4 rings (SSSR count). The lowest BCUT2D eigenvalue weighted by atomic mass is 9.95. The van der Waals surface area contributed by atoms with Crippen molar-refractivity contribution in [3.63, 3.8) is 0 Å². The number of aryl methyl sites for hydroxylation is 1. The molecule has 1 aromatic rings. The maximum Gasteiger partial charge on any atom is 0.225 e. The largest absolute Gasteiger partial charge is 0.492 e. The Morgan fingerprint density at radius 3 is 2.66 bits per heavy atom. The lowest BCUT2D eigenvalue weighted by Crippen LogP contribution is -2.45. The monoisotopic (exact) mass is 463 g/mol. The molecule has 2 amide bonds. The van der Waals surface area contributed by atoms with Crippen LogP contribution >= 0.6 is 12.4 Å². The summed E-state index contributed by atoms with van der Waals surface area (Å²) in [6, 6.07) is 8.64. The Morgan fingerprint density at radius 1 is 0.969 bits per heavy atom. The second-order valence-corrected chi connectivity index (χ2v) is 9.22. The van der Waals surface area contributed by atoms with Crippen LogP contribution in [-0.4, -0.2) is 67.0 Å². The molecule has 32 heavy (non-hydrogen) atoms. The number of hydrogen-bond donors (Lipinski definition) is 1. The minimum atomic E-state index is 0. The highest BCUT2D eigenvalue weighted by atomic mass is 35.5. The molecule has 0 aromatic heterocycles. The van der Waals surface area contributed by atoms with Crippen LogP contribution in [0.25, 0.3) is 0 Å². The molecule has 1 N–H and O–H groups in total. The van der Waals surface area contributed by atoms with E-state index in [0.717, 1.165) is 70.3 Å². The average Bonchev–Trinajstić information content (AvgIpc) is 2.82. The molecule has 0 spiro atoms. The number of amides is 2. The molecule has 2 saturated heterocycles. The Labute approximate surface area is 198 Å². The first-order valence-corrected chi connectivity index (χ1v) is 12.2. The number of hydrogen-bond acceptors (Lipinski definition) is 4. The summed E-state index contributed by atoms with van der Waals surface area (Å²) < 4.78 is 6.03. The maximum absolute atomic E-state index is 13.2. The minimum Gasteiger partial charge on any atom is -0.492 e. The van der Waals surface area contributed by atoms with E-state index in [1.165, 1.54) is 12.0 Å². The lowest BCUT2D eigenvalue weighted by Gasteiger charge is -2.36. The third-order valence-corrected chi connectivity index (χ3v) is 7.06. The van der Waals surface area contributed by atoms with Gasteiger partial charge >= 0.3 is 0 Å². The predicted molar refractivity (Wildman–Crippen MR) is 128 cm³/mol. The molecule has 3 aliphatic rings. The number of ether oxygens (including phenoxy) is 1. The molecule has 0 aliphatic carbocycles. The van der Waals surface area contributed by atoms with Crippen LogP contribution in [-0.2, 0) is 16.0 Å². The second kappa shape index (κ2) is 12.4. The number of nitrogens with one attached hydrogen (secondary N) is 1. The van der Waals surface area contributed by atoms with Gasteiger partial charge in [0, 0.05) is 31.5 Å². The van der Waals surface area contributed by atoms with E-state index in [-0.39, 0.29) is 30.1 Å². The Bertz CT molecular complexity index is 754. The van der Waals surface area contributed by atoms with Gasteiger partial charge in [-0.05, 0) is 82.2 Å². The van der Waals surface area contributed by atoms with Gasteiger partial charge in [0.15, 0.2) is 0 Å². The molecule has 1 unspecified atom stereocenters. The molecule has 1 atom stereocenters. The molecule has 0 radical (unpaired) electrons. The van der Waals surface area contributed by atoms with E-state index in [9.17, 15) is 9.59 Å². The fraction of sp³-hybridized carbons (Fsp3) is 0.680. The zero-order valence-corrected chi connectivity index (χ0v) is 19.9. The van der Waals surface area contributed by atoms with Crippen molar-refractivity contribution in [3.05, 3.63) is 29.8 Å². The molecule has 0 saturated carbocycles. The van der Waals surface area contributed by atoms with Crippen LogP contribution in [0.2, 0.25) is 0 Å². The van der Waals surface area contributed by atoms with Crippen molar-refractivity contribution in [2.45, 2.75) is 63.8 Å². The summed E-state index contributed by atoms with van der Waals surface area (Å²) in [4.78, 5) is 30.3. The molecule has 2 fully saturated rings. The van der Waals surface area contributed by atoms with Crippen LogP contribution in [0.4, 0.5) is 0 Å². The SMILES string of the molecule is Cl.O=C(C1CCNCC1)N1CCCC(=O)N2CCCCC2CCc2cccc(c2)OCC1. The van der Waals surface area contributed by atoms with E-state index in [4.69, 9.17) is 4.74 Å².